The van der Waals surface area contributed by atoms with Gasteiger partial charge in [0.2, 0.25) is 0 Å². The Balaban J connectivity index is 2.22. The van der Waals surface area contributed by atoms with E-state index in [0.717, 1.165) is 43.9 Å². The fraction of sp³-hybridized carbons (Fsp3) is 1.00. The maximum Gasteiger partial charge on any atom is 0.279 e. The van der Waals surface area contributed by atoms with Crippen molar-refractivity contribution in [3.05, 3.63) is 0 Å². The quantitative estimate of drug-likeness (QED) is 0.576. The van der Waals surface area contributed by atoms with E-state index in [2.05, 4.69) is 20.7 Å². The molecule has 0 spiro atoms. The van der Waals surface area contributed by atoms with E-state index in [1.807, 2.05) is 0 Å². The van der Waals surface area contributed by atoms with Crippen molar-refractivity contribution in [2.75, 3.05) is 25.0 Å². The second kappa shape index (κ2) is 7.63. The van der Waals surface area contributed by atoms with Crippen molar-refractivity contribution < 1.29 is 8.42 Å². The number of unbranched alkanes of at least 4 members (excludes halogenated alkanes) is 2. The molecule has 0 aromatic heterocycles. The molecule has 6 heteroatoms. The Bertz CT molecular complexity index is 277. The third-order valence-electron chi connectivity index (χ3n) is 2.75. The number of piperidine rings is 1. The molecule has 1 rings (SSSR count). The number of nitrogens with zero attached hydrogens (tertiary/aromatic N) is 1. The highest BCUT2D eigenvalue weighted by atomic mass is 79.9. The zero-order chi connectivity index (χ0) is 11.9. The summed E-state index contributed by atoms with van der Waals surface area (Å²) in [7, 11) is -3.20. The van der Waals surface area contributed by atoms with E-state index in [-0.39, 0.29) is 0 Å². The fourth-order valence-electron chi connectivity index (χ4n) is 1.79. The SMILES string of the molecule is O=S(=O)(NCCCCCBr)N1CCCCC1. The lowest BCUT2D eigenvalue weighted by Crippen LogP contribution is -2.43. The van der Waals surface area contributed by atoms with E-state index in [4.69, 9.17) is 0 Å². The van der Waals surface area contributed by atoms with Crippen LogP contribution in [0.25, 0.3) is 0 Å². The van der Waals surface area contributed by atoms with Crippen molar-refractivity contribution in [1.29, 1.82) is 0 Å². The van der Waals surface area contributed by atoms with Gasteiger partial charge >= 0.3 is 0 Å². The van der Waals surface area contributed by atoms with Gasteiger partial charge < -0.3 is 0 Å². The molecule has 4 nitrogen and oxygen atoms in total. The van der Waals surface area contributed by atoms with Crippen LogP contribution in [0.5, 0.6) is 0 Å². The number of nitrogens with one attached hydrogen (secondary N) is 1. The highest BCUT2D eigenvalue weighted by Crippen LogP contribution is 2.11. The Labute approximate surface area is 107 Å². The highest BCUT2D eigenvalue weighted by Gasteiger charge is 2.22. The van der Waals surface area contributed by atoms with Gasteiger partial charge in [0.15, 0.2) is 0 Å². The molecule has 0 amide bonds. The van der Waals surface area contributed by atoms with Crippen LogP contribution in [-0.4, -0.2) is 37.7 Å². The zero-order valence-electron chi connectivity index (χ0n) is 9.62. The summed E-state index contributed by atoms with van der Waals surface area (Å²) in [6, 6.07) is 0. The minimum Gasteiger partial charge on any atom is -0.202 e. The molecule has 1 fully saturated rings. The first-order chi connectivity index (χ1) is 7.67. The molecule has 0 aromatic rings. The van der Waals surface area contributed by atoms with Crippen molar-refractivity contribution in [2.45, 2.75) is 38.5 Å². The van der Waals surface area contributed by atoms with E-state index in [1.165, 1.54) is 0 Å². The Kier molecular flexibility index (Phi) is 6.87. The van der Waals surface area contributed by atoms with Crippen molar-refractivity contribution in [3.63, 3.8) is 0 Å². The fourth-order valence-corrected chi connectivity index (χ4v) is 3.51. The molecule has 16 heavy (non-hydrogen) atoms. The van der Waals surface area contributed by atoms with E-state index >= 15 is 0 Å². The largest absolute Gasteiger partial charge is 0.279 e. The number of halogens is 1. The molecule has 1 heterocycles. The van der Waals surface area contributed by atoms with Gasteiger partial charge in [-0.2, -0.15) is 12.7 Å². The number of hydrogen-bond acceptors (Lipinski definition) is 2. The predicted molar refractivity (Wildman–Crippen MR) is 70.0 cm³/mol. The van der Waals surface area contributed by atoms with Crippen LogP contribution >= 0.6 is 15.9 Å². The van der Waals surface area contributed by atoms with Crippen LogP contribution in [0.2, 0.25) is 0 Å². The minimum absolute atomic E-state index is 0.561. The normalized spacial score (nSPS) is 18.8. The molecular formula is C10H21BrN2O2S. The lowest BCUT2D eigenvalue weighted by Gasteiger charge is -2.25. The summed E-state index contributed by atoms with van der Waals surface area (Å²) < 4.78 is 27.9. The third kappa shape index (κ3) is 5.12. The molecule has 0 aromatic carbocycles. The lowest BCUT2D eigenvalue weighted by molar-refractivity contribution is 0.341. The summed E-state index contributed by atoms with van der Waals surface area (Å²) in [5, 5.41) is 0.992. The van der Waals surface area contributed by atoms with E-state index < -0.39 is 10.2 Å². The minimum atomic E-state index is -3.20. The van der Waals surface area contributed by atoms with Crippen LogP contribution in [0.4, 0.5) is 0 Å². The van der Waals surface area contributed by atoms with Gasteiger partial charge in [-0.1, -0.05) is 28.8 Å². The second-order valence-corrected chi connectivity index (χ2v) is 6.66. The Morgan fingerprint density at radius 1 is 1.06 bits per heavy atom. The van der Waals surface area contributed by atoms with Gasteiger partial charge in [0.1, 0.15) is 0 Å². The average Bonchev–Trinajstić information content (AvgIpc) is 2.30. The van der Waals surface area contributed by atoms with Crippen molar-refractivity contribution in [2.24, 2.45) is 0 Å². The Hall–Kier alpha value is 0.350. The van der Waals surface area contributed by atoms with Gasteiger partial charge in [-0.25, -0.2) is 4.72 Å². The number of rotatable bonds is 7. The molecule has 0 unspecified atom stereocenters. The zero-order valence-corrected chi connectivity index (χ0v) is 12.0. The molecule has 0 atom stereocenters. The van der Waals surface area contributed by atoms with Crippen molar-refractivity contribution in [3.8, 4) is 0 Å². The smallest absolute Gasteiger partial charge is 0.202 e. The van der Waals surface area contributed by atoms with Crippen LogP contribution < -0.4 is 4.72 Å². The molecule has 1 N–H and O–H groups in total. The topological polar surface area (TPSA) is 49.4 Å². The molecule has 1 aliphatic heterocycles. The molecule has 0 saturated carbocycles. The highest BCUT2D eigenvalue weighted by molar-refractivity contribution is 9.09. The van der Waals surface area contributed by atoms with Crippen LogP contribution in [-0.2, 0) is 10.2 Å². The van der Waals surface area contributed by atoms with Gasteiger partial charge in [-0.05, 0) is 25.7 Å². The van der Waals surface area contributed by atoms with E-state index in [0.29, 0.717) is 19.6 Å². The summed E-state index contributed by atoms with van der Waals surface area (Å²) in [5.74, 6) is 0. The van der Waals surface area contributed by atoms with Gasteiger partial charge in [0.05, 0.1) is 0 Å². The molecule has 1 aliphatic rings. The van der Waals surface area contributed by atoms with Gasteiger partial charge in [0, 0.05) is 25.0 Å². The lowest BCUT2D eigenvalue weighted by atomic mass is 10.2. The second-order valence-electron chi connectivity index (χ2n) is 4.11. The van der Waals surface area contributed by atoms with Crippen LogP contribution in [0.15, 0.2) is 0 Å². The van der Waals surface area contributed by atoms with Crippen LogP contribution in [0, 0.1) is 0 Å². The van der Waals surface area contributed by atoms with Gasteiger partial charge in [-0.3, -0.25) is 0 Å². The Morgan fingerprint density at radius 3 is 2.38 bits per heavy atom. The maximum absolute atomic E-state index is 11.8. The monoisotopic (exact) mass is 312 g/mol. The summed E-state index contributed by atoms with van der Waals surface area (Å²) in [6.07, 6.45) is 6.21. The van der Waals surface area contributed by atoms with E-state index in [1.54, 1.807) is 4.31 Å². The van der Waals surface area contributed by atoms with Gasteiger partial charge in [-0.15, -0.1) is 0 Å². The average molecular weight is 313 g/mol. The molecule has 0 aliphatic carbocycles. The number of alkyl halides is 1. The molecule has 0 radical (unpaired) electrons. The standard InChI is InChI=1S/C10H21BrN2O2S/c11-7-3-1-4-8-12-16(14,15)13-9-5-2-6-10-13/h12H,1-10H2. The van der Waals surface area contributed by atoms with Crippen molar-refractivity contribution >= 4 is 26.1 Å². The first-order valence-corrected chi connectivity index (χ1v) is 8.53. The maximum atomic E-state index is 11.8. The first-order valence-electron chi connectivity index (χ1n) is 5.97. The summed E-state index contributed by atoms with van der Waals surface area (Å²) in [6.45, 7) is 1.92. The summed E-state index contributed by atoms with van der Waals surface area (Å²) >= 11 is 3.36. The van der Waals surface area contributed by atoms with Gasteiger partial charge in [0.25, 0.3) is 10.2 Å². The number of hydrogen-bond donors (Lipinski definition) is 1. The van der Waals surface area contributed by atoms with Crippen molar-refractivity contribution in [1.82, 2.24) is 9.03 Å². The van der Waals surface area contributed by atoms with E-state index in [9.17, 15) is 8.42 Å². The first kappa shape index (κ1) is 14.4. The Morgan fingerprint density at radius 2 is 1.75 bits per heavy atom. The van der Waals surface area contributed by atoms with Crippen LogP contribution in [0.3, 0.4) is 0 Å². The molecule has 1 saturated heterocycles. The third-order valence-corrected chi connectivity index (χ3v) is 4.92. The summed E-state index contributed by atoms with van der Waals surface area (Å²) in [4.78, 5) is 0. The molecule has 96 valence electrons. The predicted octanol–water partition coefficient (Wildman–Crippen LogP) is 1.87. The molecule has 0 bridgehead atoms. The van der Waals surface area contributed by atoms with Crippen LogP contribution in [0.1, 0.15) is 38.5 Å². The molecular weight excluding hydrogens is 292 g/mol. The summed E-state index contributed by atoms with van der Waals surface area (Å²) in [5.41, 5.74) is 0.